The van der Waals surface area contributed by atoms with Gasteiger partial charge in [-0.2, -0.15) is 5.26 Å². The molecule has 0 unspecified atom stereocenters. The molecule has 1 aliphatic carbocycles. The van der Waals surface area contributed by atoms with Crippen LogP contribution in [0.2, 0.25) is 0 Å². The molecule has 1 aliphatic rings. The molecule has 0 saturated heterocycles. The second-order valence-electron chi connectivity index (χ2n) is 5.72. The van der Waals surface area contributed by atoms with Gasteiger partial charge in [0.15, 0.2) is 0 Å². The molecule has 5 heteroatoms. The Morgan fingerprint density at radius 1 is 1.41 bits per heavy atom. The van der Waals surface area contributed by atoms with Gasteiger partial charge in [-0.3, -0.25) is 4.79 Å². The third kappa shape index (κ3) is 2.62. The van der Waals surface area contributed by atoms with E-state index in [9.17, 15) is 4.79 Å². The SMILES string of the molecule is Cc1cc(C#N)ccc1C(=O)NC1(c2nccs2)CCCC1. The number of hydrogen-bond donors (Lipinski definition) is 1. The monoisotopic (exact) mass is 311 g/mol. The maximum atomic E-state index is 12.7. The van der Waals surface area contributed by atoms with E-state index in [1.807, 2.05) is 12.3 Å². The van der Waals surface area contributed by atoms with E-state index in [0.717, 1.165) is 36.3 Å². The molecule has 0 spiro atoms. The molecule has 0 radical (unpaired) electrons. The van der Waals surface area contributed by atoms with Crippen LogP contribution >= 0.6 is 11.3 Å². The minimum Gasteiger partial charge on any atom is -0.340 e. The van der Waals surface area contributed by atoms with E-state index in [-0.39, 0.29) is 11.4 Å². The van der Waals surface area contributed by atoms with Gasteiger partial charge in [-0.15, -0.1) is 11.3 Å². The molecule has 1 aromatic heterocycles. The van der Waals surface area contributed by atoms with Crippen LogP contribution in [-0.4, -0.2) is 10.9 Å². The summed E-state index contributed by atoms with van der Waals surface area (Å²) in [4.78, 5) is 17.1. The van der Waals surface area contributed by atoms with Crippen molar-refractivity contribution in [1.29, 1.82) is 5.26 Å². The number of hydrogen-bond acceptors (Lipinski definition) is 4. The Hall–Kier alpha value is -2.19. The van der Waals surface area contributed by atoms with Crippen LogP contribution in [0.1, 0.15) is 52.2 Å². The van der Waals surface area contributed by atoms with E-state index in [4.69, 9.17) is 5.26 Å². The lowest BCUT2D eigenvalue weighted by Gasteiger charge is -2.28. The summed E-state index contributed by atoms with van der Waals surface area (Å²) in [5.74, 6) is -0.0842. The van der Waals surface area contributed by atoms with Crippen LogP contribution < -0.4 is 5.32 Å². The summed E-state index contributed by atoms with van der Waals surface area (Å²) in [6.45, 7) is 1.86. The van der Waals surface area contributed by atoms with Crippen molar-refractivity contribution in [2.75, 3.05) is 0 Å². The highest BCUT2D eigenvalue weighted by Crippen LogP contribution is 2.39. The van der Waals surface area contributed by atoms with Crippen molar-refractivity contribution in [1.82, 2.24) is 10.3 Å². The zero-order chi connectivity index (χ0) is 15.6. The molecule has 1 fully saturated rings. The van der Waals surface area contributed by atoms with E-state index in [1.54, 1.807) is 35.7 Å². The quantitative estimate of drug-likeness (QED) is 0.943. The molecular weight excluding hydrogens is 294 g/mol. The summed E-state index contributed by atoms with van der Waals surface area (Å²) in [6.07, 6.45) is 5.86. The number of nitrogens with one attached hydrogen (secondary N) is 1. The Morgan fingerprint density at radius 2 is 2.18 bits per heavy atom. The van der Waals surface area contributed by atoms with E-state index < -0.39 is 0 Å². The normalized spacial score (nSPS) is 16.2. The fraction of sp³-hybridized carbons (Fsp3) is 0.353. The first-order valence-corrected chi connectivity index (χ1v) is 8.26. The molecule has 1 saturated carbocycles. The Morgan fingerprint density at radius 3 is 2.77 bits per heavy atom. The molecule has 1 N–H and O–H groups in total. The molecule has 1 aromatic carbocycles. The van der Waals surface area contributed by atoms with Crippen LogP contribution in [0.5, 0.6) is 0 Å². The Bertz CT molecular complexity index is 725. The highest BCUT2D eigenvalue weighted by Gasteiger charge is 2.39. The zero-order valence-corrected chi connectivity index (χ0v) is 13.2. The van der Waals surface area contributed by atoms with Crippen molar-refractivity contribution < 1.29 is 4.79 Å². The van der Waals surface area contributed by atoms with Gasteiger partial charge in [0, 0.05) is 17.1 Å². The summed E-state index contributed by atoms with van der Waals surface area (Å²) in [6, 6.07) is 7.26. The predicted molar refractivity (Wildman–Crippen MR) is 85.6 cm³/mol. The smallest absolute Gasteiger partial charge is 0.252 e. The molecule has 0 atom stereocenters. The molecule has 4 nitrogen and oxygen atoms in total. The summed E-state index contributed by atoms with van der Waals surface area (Å²) < 4.78 is 0. The van der Waals surface area contributed by atoms with Gasteiger partial charge < -0.3 is 5.32 Å². The fourth-order valence-corrected chi connectivity index (χ4v) is 3.96. The summed E-state index contributed by atoms with van der Waals surface area (Å²) in [5.41, 5.74) is 1.70. The second kappa shape index (κ2) is 5.90. The Balaban J connectivity index is 1.88. The molecule has 22 heavy (non-hydrogen) atoms. The predicted octanol–water partition coefficient (Wildman–Crippen LogP) is 3.52. The Kier molecular flexibility index (Phi) is 3.95. The van der Waals surface area contributed by atoms with Gasteiger partial charge >= 0.3 is 0 Å². The van der Waals surface area contributed by atoms with Gasteiger partial charge in [-0.25, -0.2) is 4.98 Å². The van der Waals surface area contributed by atoms with Gasteiger partial charge in [0.2, 0.25) is 0 Å². The molecule has 3 rings (SSSR count). The van der Waals surface area contributed by atoms with Crippen LogP contribution in [0.4, 0.5) is 0 Å². The fourth-order valence-electron chi connectivity index (χ4n) is 3.10. The van der Waals surface area contributed by atoms with Gasteiger partial charge in [0.25, 0.3) is 5.91 Å². The first kappa shape index (κ1) is 14.7. The van der Waals surface area contributed by atoms with Crippen LogP contribution in [0, 0.1) is 18.3 Å². The van der Waals surface area contributed by atoms with Gasteiger partial charge in [-0.1, -0.05) is 12.8 Å². The number of aromatic nitrogens is 1. The average molecular weight is 311 g/mol. The summed E-state index contributed by atoms with van der Waals surface area (Å²) in [5, 5.41) is 15.1. The lowest BCUT2D eigenvalue weighted by Crippen LogP contribution is -2.44. The maximum absolute atomic E-state index is 12.7. The first-order valence-electron chi connectivity index (χ1n) is 7.38. The Labute approximate surface area is 133 Å². The highest BCUT2D eigenvalue weighted by molar-refractivity contribution is 7.09. The average Bonchev–Trinajstić information content (AvgIpc) is 3.18. The maximum Gasteiger partial charge on any atom is 0.252 e. The molecule has 1 amide bonds. The van der Waals surface area contributed by atoms with E-state index in [0.29, 0.717) is 11.1 Å². The third-order valence-electron chi connectivity index (χ3n) is 4.25. The standard InChI is InChI=1S/C17H17N3OS/c1-12-10-13(11-18)4-5-14(12)15(21)20-17(6-2-3-7-17)16-19-8-9-22-16/h4-5,8-10H,2-3,6-7H2,1H3,(H,20,21). The van der Waals surface area contributed by atoms with Crippen molar-refractivity contribution in [3.8, 4) is 6.07 Å². The van der Waals surface area contributed by atoms with E-state index in [1.165, 1.54) is 0 Å². The number of benzene rings is 1. The van der Waals surface area contributed by atoms with Crippen molar-refractivity contribution in [2.45, 2.75) is 38.1 Å². The van der Waals surface area contributed by atoms with Crippen molar-refractivity contribution in [2.24, 2.45) is 0 Å². The van der Waals surface area contributed by atoms with Crippen LogP contribution in [0.25, 0.3) is 0 Å². The first-order chi connectivity index (χ1) is 10.6. The number of nitriles is 1. The molecule has 1 heterocycles. The second-order valence-corrected chi connectivity index (χ2v) is 6.62. The molecule has 0 aliphatic heterocycles. The lowest BCUT2D eigenvalue weighted by molar-refractivity contribution is 0.0897. The van der Waals surface area contributed by atoms with Crippen molar-refractivity contribution in [3.63, 3.8) is 0 Å². The molecule has 112 valence electrons. The number of thiazole rings is 1. The van der Waals surface area contributed by atoms with Crippen LogP contribution in [-0.2, 0) is 5.54 Å². The molecular formula is C17H17N3OS. The number of rotatable bonds is 3. The summed E-state index contributed by atoms with van der Waals surface area (Å²) in [7, 11) is 0. The van der Waals surface area contributed by atoms with Crippen LogP contribution in [0.3, 0.4) is 0 Å². The van der Waals surface area contributed by atoms with E-state index >= 15 is 0 Å². The number of amides is 1. The van der Waals surface area contributed by atoms with Crippen molar-refractivity contribution >= 4 is 17.2 Å². The minimum atomic E-state index is -0.328. The largest absolute Gasteiger partial charge is 0.340 e. The topological polar surface area (TPSA) is 65.8 Å². The third-order valence-corrected chi connectivity index (χ3v) is 5.23. The highest BCUT2D eigenvalue weighted by atomic mass is 32.1. The van der Waals surface area contributed by atoms with Gasteiger partial charge in [0.05, 0.1) is 17.2 Å². The summed E-state index contributed by atoms with van der Waals surface area (Å²) >= 11 is 1.60. The van der Waals surface area contributed by atoms with Gasteiger partial charge in [-0.05, 0) is 43.5 Å². The lowest BCUT2D eigenvalue weighted by atomic mass is 9.96. The van der Waals surface area contributed by atoms with Crippen LogP contribution in [0.15, 0.2) is 29.8 Å². The van der Waals surface area contributed by atoms with E-state index in [2.05, 4.69) is 16.4 Å². The molecule has 2 aromatic rings. The van der Waals surface area contributed by atoms with Crippen molar-refractivity contribution in [3.05, 3.63) is 51.5 Å². The minimum absolute atomic E-state index is 0.0842. The van der Waals surface area contributed by atoms with Gasteiger partial charge in [0.1, 0.15) is 5.01 Å². The number of aryl methyl sites for hydroxylation is 1. The zero-order valence-electron chi connectivity index (χ0n) is 12.4. The molecule has 0 bridgehead atoms. The number of carbonyl (C=O) groups excluding carboxylic acids is 1. The number of carbonyl (C=O) groups is 1. The number of nitrogens with zero attached hydrogens (tertiary/aromatic N) is 2.